The third-order valence-corrected chi connectivity index (χ3v) is 3.44. The van der Waals surface area contributed by atoms with Gasteiger partial charge in [0, 0.05) is 23.0 Å². The fraction of sp³-hybridized carbons (Fsp3) is 0.308. The van der Waals surface area contributed by atoms with Crippen molar-refractivity contribution in [3.63, 3.8) is 0 Å². The van der Waals surface area contributed by atoms with E-state index in [1.165, 1.54) is 0 Å². The van der Waals surface area contributed by atoms with Crippen LogP contribution in [-0.4, -0.2) is 34.5 Å². The van der Waals surface area contributed by atoms with E-state index in [1.54, 1.807) is 7.11 Å². The molecule has 1 aromatic carbocycles. The molecule has 1 aromatic heterocycles. The zero-order valence-electron chi connectivity index (χ0n) is 10.3. The van der Waals surface area contributed by atoms with Crippen LogP contribution in [0.2, 0.25) is 0 Å². The number of aromatic amines is 1. The minimum Gasteiger partial charge on any atom is -0.497 e. The van der Waals surface area contributed by atoms with E-state index in [4.69, 9.17) is 4.74 Å². The molecule has 2 aromatic rings. The number of fused-ring (bicyclic) bond motifs is 3. The van der Waals surface area contributed by atoms with Crippen molar-refractivity contribution in [2.45, 2.75) is 18.7 Å². The Morgan fingerprint density at radius 3 is 2.95 bits per heavy atom. The summed E-state index contributed by atoms with van der Waals surface area (Å²) in [7, 11) is 1.58. The van der Waals surface area contributed by atoms with Gasteiger partial charge < -0.3 is 19.9 Å². The summed E-state index contributed by atoms with van der Waals surface area (Å²) in [4.78, 5) is 14.4. The first-order chi connectivity index (χ1) is 9.10. The molecule has 0 spiro atoms. The third kappa shape index (κ3) is 1.85. The summed E-state index contributed by atoms with van der Waals surface area (Å²) >= 11 is 0. The van der Waals surface area contributed by atoms with E-state index in [0.717, 1.165) is 16.5 Å². The van der Waals surface area contributed by atoms with Crippen LogP contribution in [0.25, 0.3) is 10.9 Å². The molecule has 0 bridgehead atoms. The lowest BCUT2D eigenvalue weighted by Crippen LogP contribution is -2.42. The summed E-state index contributed by atoms with van der Waals surface area (Å²) in [6.07, 6.45) is -0.495. The number of aliphatic carboxylic acids is 1. The molecule has 0 saturated heterocycles. The number of carboxylic acid groups (broad SMARTS) is 1. The Balaban J connectivity index is 2.21. The van der Waals surface area contributed by atoms with E-state index in [0.29, 0.717) is 17.9 Å². The summed E-state index contributed by atoms with van der Waals surface area (Å²) in [6, 6.07) is 4.58. The molecule has 4 N–H and O–H groups in total. The number of carboxylic acids is 1. The Hall–Kier alpha value is -2.05. The molecular formula is C13H14N2O4. The number of rotatable bonds is 2. The van der Waals surface area contributed by atoms with Crippen molar-refractivity contribution in [2.75, 3.05) is 7.11 Å². The number of aliphatic hydroxyl groups excluding tert-OH is 1. The topological polar surface area (TPSA) is 94.6 Å². The van der Waals surface area contributed by atoms with E-state index in [2.05, 4.69) is 10.3 Å². The van der Waals surface area contributed by atoms with Crippen LogP contribution in [0, 0.1) is 0 Å². The Labute approximate surface area is 109 Å². The predicted molar refractivity (Wildman–Crippen MR) is 68.1 cm³/mol. The van der Waals surface area contributed by atoms with Crippen molar-refractivity contribution < 1.29 is 19.7 Å². The van der Waals surface area contributed by atoms with Crippen LogP contribution in [0.5, 0.6) is 5.75 Å². The lowest BCUT2D eigenvalue weighted by Gasteiger charge is -2.25. The van der Waals surface area contributed by atoms with Gasteiger partial charge in [0.1, 0.15) is 18.0 Å². The largest absolute Gasteiger partial charge is 0.497 e. The number of benzene rings is 1. The van der Waals surface area contributed by atoms with Crippen molar-refractivity contribution >= 4 is 16.9 Å². The van der Waals surface area contributed by atoms with E-state index in [-0.39, 0.29) is 0 Å². The van der Waals surface area contributed by atoms with E-state index < -0.39 is 18.2 Å². The Kier molecular flexibility index (Phi) is 2.69. The first kappa shape index (κ1) is 12.0. The lowest BCUT2D eigenvalue weighted by atomic mass is 9.98. The maximum Gasteiger partial charge on any atom is 0.326 e. The number of H-pyrrole nitrogens is 1. The van der Waals surface area contributed by atoms with Gasteiger partial charge in [-0.15, -0.1) is 0 Å². The smallest absolute Gasteiger partial charge is 0.326 e. The van der Waals surface area contributed by atoms with Gasteiger partial charge in [-0.2, -0.15) is 0 Å². The molecule has 1 aliphatic heterocycles. The van der Waals surface area contributed by atoms with Crippen molar-refractivity contribution in [1.29, 1.82) is 0 Å². The molecule has 0 radical (unpaired) electrons. The Morgan fingerprint density at radius 1 is 1.47 bits per heavy atom. The lowest BCUT2D eigenvalue weighted by molar-refractivity contribution is -0.141. The molecule has 2 atom stereocenters. The highest BCUT2D eigenvalue weighted by molar-refractivity contribution is 5.89. The van der Waals surface area contributed by atoms with Crippen LogP contribution in [0.3, 0.4) is 0 Å². The maximum atomic E-state index is 11.2. The summed E-state index contributed by atoms with van der Waals surface area (Å²) in [5.74, 6) is -0.312. The maximum absolute atomic E-state index is 11.2. The molecule has 0 fully saturated rings. The average Bonchev–Trinajstić information content (AvgIpc) is 2.75. The van der Waals surface area contributed by atoms with Crippen LogP contribution in [0.4, 0.5) is 0 Å². The highest BCUT2D eigenvalue weighted by Gasteiger charge is 2.32. The number of methoxy groups -OCH3 is 1. The molecule has 100 valence electrons. The van der Waals surface area contributed by atoms with E-state index in [9.17, 15) is 15.0 Å². The normalized spacial score (nSPS) is 22.2. The number of nitrogens with one attached hydrogen (secondary N) is 2. The van der Waals surface area contributed by atoms with Gasteiger partial charge in [0.05, 0.1) is 7.11 Å². The summed E-state index contributed by atoms with van der Waals surface area (Å²) in [6.45, 7) is 0. The van der Waals surface area contributed by atoms with Gasteiger partial charge in [-0.25, -0.2) is 0 Å². The fourth-order valence-corrected chi connectivity index (χ4v) is 2.56. The minimum absolute atomic E-state index is 0.367. The molecule has 2 unspecified atom stereocenters. The van der Waals surface area contributed by atoms with Gasteiger partial charge >= 0.3 is 5.97 Å². The molecule has 3 rings (SSSR count). The third-order valence-electron chi connectivity index (χ3n) is 3.44. The molecule has 19 heavy (non-hydrogen) atoms. The molecule has 1 aliphatic rings. The number of aromatic nitrogens is 1. The average molecular weight is 262 g/mol. The first-order valence-corrected chi connectivity index (χ1v) is 5.95. The number of hydrogen-bond donors (Lipinski definition) is 4. The zero-order chi connectivity index (χ0) is 13.6. The molecule has 0 saturated carbocycles. The van der Waals surface area contributed by atoms with Crippen LogP contribution >= 0.6 is 0 Å². The first-order valence-electron chi connectivity index (χ1n) is 5.95. The van der Waals surface area contributed by atoms with Crippen LogP contribution < -0.4 is 10.1 Å². The second-order valence-electron chi connectivity index (χ2n) is 4.59. The number of ether oxygens (including phenoxy) is 1. The van der Waals surface area contributed by atoms with Gasteiger partial charge in [0.25, 0.3) is 0 Å². The fourth-order valence-electron chi connectivity index (χ4n) is 2.56. The van der Waals surface area contributed by atoms with Gasteiger partial charge in [-0.3, -0.25) is 10.1 Å². The number of carbonyl (C=O) groups is 1. The number of aliphatic hydroxyl groups is 1. The molecule has 0 aliphatic carbocycles. The van der Waals surface area contributed by atoms with Crippen molar-refractivity contribution in [3.05, 3.63) is 29.5 Å². The second-order valence-corrected chi connectivity index (χ2v) is 4.59. The van der Waals surface area contributed by atoms with Crippen LogP contribution in [0.1, 0.15) is 17.3 Å². The van der Waals surface area contributed by atoms with E-state index >= 15 is 0 Å². The highest BCUT2D eigenvalue weighted by Crippen LogP contribution is 2.33. The monoisotopic (exact) mass is 262 g/mol. The molecule has 6 heteroatoms. The number of hydrogen-bond acceptors (Lipinski definition) is 4. The summed E-state index contributed by atoms with van der Waals surface area (Å²) < 4.78 is 5.18. The quantitative estimate of drug-likeness (QED) is 0.641. The molecule has 2 heterocycles. The van der Waals surface area contributed by atoms with E-state index in [1.807, 2.05) is 18.2 Å². The van der Waals surface area contributed by atoms with Crippen LogP contribution in [0.15, 0.2) is 18.2 Å². The summed E-state index contributed by atoms with van der Waals surface area (Å²) in [5, 5.41) is 22.5. The second kappa shape index (κ2) is 4.25. The highest BCUT2D eigenvalue weighted by atomic mass is 16.5. The van der Waals surface area contributed by atoms with Crippen LogP contribution in [-0.2, 0) is 11.2 Å². The van der Waals surface area contributed by atoms with Gasteiger partial charge in [0.2, 0.25) is 0 Å². The molecule has 6 nitrogen and oxygen atoms in total. The molecule has 0 amide bonds. The Bertz CT molecular complexity index is 649. The minimum atomic E-state index is -1.02. The van der Waals surface area contributed by atoms with Crippen molar-refractivity contribution in [3.8, 4) is 5.75 Å². The van der Waals surface area contributed by atoms with Gasteiger partial charge in [-0.1, -0.05) is 0 Å². The molecular weight excluding hydrogens is 248 g/mol. The Morgan fingerprint density at radius 2 is 2.26 bits per heavy atom. The predicted octanol–water partition coefficient (Wildman–Crippen LogP) is 0.766. The van der Waals surface area contributed by atoms with Gasteiger partial charge in [0.15, 0.2) is 0 Å². The van der Waals surface area contributed by atoms with Crippen molar-refractivity contribution in [1.82, 2.24) is 10.3 Å². The standard InChI is InChI=1S/C13H14N2O4/c1-19-6-2-3-9-7(4-6)8-5-10(16)15-12(13(17)18)11(8)14-9/h2-4,10,12,14-16H,5H2,1H3,(H,17,18). The summed E-state index contributed by atoms with van der Waals surface area (Å²) in [5.41, 5.74) is 2.27. The zero-order valence-corrected chi connectivity index (χ0v) is 10.3. The van der Waals surface area contributed by atoms with Gasteiger partial charge in [-0.05, 0) is 23.8 Å². The van der Waals surface area contributed by atoms with Crippen molar-refractivity contribution in [2.24, 2.45) is 0 Å². The SMILES string of the molecule is COc1ccc2[nH]c3c(c2c1)CC(O)NC3C(=O)O.